The minimum Gasteiger partial charge on any atom is -0.328 e. The molecule has 0 aliphatic heterocycles. The maximum absolute atomic E-state index is 13.3. The summed E-state index contributed by atoms with van der Waals surface area (Å²) in [6.07, 6.45) is 1.62. The van der Waals surface area contributed by atoms with E-state index in [1.165, 1.54) is 6.07 Å². The van der Waals surface area contributed by atoms with Crippen molar-refractivity contribution in [3.8, 4) is 0 Å². The third-order valence-electron chi connectivity index (χ3n) is 2.11. The van der Waals surface area contributed by atoms with Crippen molar-refractivity contribution >= 4 is 23.3 Å². The van der Waals surface area contributed by atoms with E-state index in [9.17, 15) is 8.78 Å². The second-order valence-corrected chi connectivity index (χ2v) is 3.50. The minimum atomic E-state index is -0.640. The molecule has 15 heavy (non-hydrogen) atoms. The molecule has 0 saturated heterocycles. The molecular weight excluding hydrogens is 218 g/mol. The van der Waals surface area contributed by atoms with Crippen LogP contribution in [0.1, 0.15) is 0 Å². The van der Waals surface area contributed by atoms with Gasteiger partial charge >= 0.3 is 0 Å². The Hall–Kier alpha value is -1.49. The SMILES string of the molecule is C=CCn1c(=S)[nH]c2c(F)cc(F)cc21. The molecule has 0 radical (unpaired) electrons. The van der Waals surface area contributed by atoms with E-state index >= 15 is 0 Å². The Kier molecular flexibility index (Phi) is 2.40. The van der Waals surface area contributed by atoms with Gasteiger partial charge in [0.15, 0.2) is 10.6 Å². The second kappa shape index (κ2) is 3.58. The largest absolute Gasteiger partial charge is 0.328 e. The summed E-state index contributed by atoms with van der Waals surface area (Å²) in [4.78, 5) is 2.70. The van der Waals surface area contributed by atoms with Crippen molar-refractivity contribution in [1.29, 1.82) is 0 Å². The zero-order valence-electron chi connectivity index (χ0n) is 7.76. The van der Waals surface area contributed by atoms with Crippen LogP contribution in [0, 0.1) is 16.4 Å². The first-order valence-electron chi connectivity index (χ1n) is 4.32. The number of benzene rings is 1. The maximum Gasteiger partial charge on any atom is 0.178 e. The molecule has 0 fully saturated rings. The van der Waals surface area contributed by atoms with Gasteiger partial charge in [-0.2, -0.15) is 0 Å². The average Bonchev–Trinajstić information content (AvgIpc) is 2.46. The van der Waals surface area contributed by atoms with Gasteiger partial charge in [-0.25, -0.2) is 8.78 Å². The highest BCUT2D eigenvalue weighted by atomic mass is 32.1. The number of rotatable bonds is 2. The lowest BCUT2D eigenvalue weighted by Crippen LogP contribution is -1.94. The minimum absolute atomic E-state index is 0.225. The summed E-state index contributed by atoms with van der Waals surface area (Å²) in [6, 6.07) is 2.07. The summed E-state index contributed by atoms with van der Waals surface area (Å²) in [5.74, 6) is -1.26. The third kappa shape index (κ3) is 1.59. The van der Waals surface area contributed by atoms with Crippen molar-refractivity contribution in [2.75, 3.05) is 0 Å². The normalized spacial score (nSPS) is 10.8. The van der Waals surface area contributed by atoms with Gasteiger partial charge in [0.25, 0.3) is 0 Å². The number of nitrogens with zero attached hydrogens (tertiary/aromatic N) is 1. The molecule has 1 N–H and O–H groups in total. The number of aromatic nitrogens is 2. The van der Waals surface area contributed by atoms with Gasteiger partial charge in [-0.15, -0.1) is 6.58 Å². The molecule has 1 aromatic carbocycles. The number of nitrogens with one attached hydrogen (secondary N) is 1. The van der Waals surface area contributed by atoms with Crippen molar-refractivity contribution in [2.24, 2.45) is 0 Å². The lowest BCUT2D eigenvalue weighted by atomic mass is 10.3. The highest BCUT2D eigenvalue weighted by Gasteiger charge is 2.09. The van der Waals surface area contributed by atoms with Gasteiger partial charge in [-0.1, -0.05) is 6.08 Å². The van der Waals surface area contributed by atoms with Crippen LogP contribution in [0.25, 0.3) is 11.0 Å². The number of aromatic amines is 1. The molecule has 0 atom stereocenters. The standard InChI is InChI=1S/C10H8F2N2S/c1-2-3-14-8-5-6(11)4-7(12)9(8)13-10(14)15/h2,4-5H,1,3H2,(H,13,15). The first-order chi connectivity index (χ1) is 7.13. The molecule has 78 valence electrons. The summed E-state index contributed by atoms with van der Waals surface area (Å²) >= 11 is 4.99. The first kappa shape index (κ1) is 10.0. The number of allylic oxidation sites excluding steroid dienone is 1. The fourth-order valence-corrected chi connectivity index (χ4v) is 1.77. The smallest absolute Gasteiger partial charge is 0.178 e. The van der Waals surface area contributed by atoms with Crippen molar-refractivity contribution in [3.05, 3.63) is 41.2 Å². The Morgan fingerprint density at radius 2 is 2.20 bits per heavy atom. The van der Waals surface area contributed by atoms with Crippen LogP contribution in [0.5, 0.6) is 0 Å². The van der Waals surface area contributed by atoms with Gasteiger partial charge in [-0.05, 0) is 18.3 Å². The molecular formula is C10H8F2N2S. The molecule has 0 amide bonds. The Morgan fingerprint density at radius 3 is 2.87 bits per heavy atom. The highest BCUT2D eigenvalue weighted by molar-refractivity contribution is 7.71. The molecule has 0 spiro atoms. The van der Waals surface area contributed by atoms with Crippen LogP contribution in [0.3, 0.4) is 0 Å². The number of halogens is 2. The number of imidazole rings is 1. The van der Waals surface area contributed by atoms with E-state index in [0.717, 1.165) is 6.07 Å². The maximum atomic E-state index is 13.3. The van der Waals surface area contributed by atoms with Crippen molar-refractivity contribution in [1.82, 2.24) is 9.55 Å². The molecule has 0 saturated carbocycles. The molecule has 0 aliphatic rings. The summed E-state index contributed by atoms with van der Waals surface area (Å²) in [6.45, 7) is 3.98. The number of H-pyrrole nitrogens is 1. The molecule has 2 rings (SSSR count). The predicted molar refractivity (Wildman–Crippen MR) is 57.2 cm³/mol. The average molecular weight is 226 g/mol. The van der Waals surface area contributed by atoms with Gasteiger partial charge in [0.05, 0.1) is 5.52 Å². The molecule has 0 aliphatic carbocycles. The van der Waals surface area contributed by atoms with Crippen LogP contribution < -0.4 is 0 Å². The fourth-order valence-electron chi connectivity index (χ4n) is 1.49. The molecule has 0 bridgehead atoms. The van der Waals surface area contributed by atoms with Gasteiger partial charge in [0.2, 0.25) is 0 Å². The molecule has 0 unspecified atom stereocenters. The van der Waals surface area contributed by atoms with Gasteiger partial charge in [-0.3, -0.25) is 0 Å². The Balaban J connectivity index is 2.86. The monoisotopic (exact) mass is 226 g/mol. The Morgan fingerprint density at radius 1 is 1.47 bits per heavy atom. The quantitative estimate of drug-likeness (QED) is 0.616. The van der Waals surface area contributed by atoms with Crippen molar-refractivity contribution < 1.29 is 8.78 Å². The molecule has 5 heteroatoms. The van der Waals surface area contributed by atoms with Gasteiger partial charge in [0, 0.05) is 12.6 Å². The topological polar surface area (TPSA) is 20.7 Å². The zero-order chi connectivity index (χ0) is 11.0. The Labute approximate surface area is 89.8 Å². The summed E-state index contributed by atoms with van der Waals surface area (Å²) in [7, 11) is 0. The van der Waals surface area contributed by atoms with E-state index in [-0.39, 0.29) is 5.52 Å². The van der Waals surface area contributed by atoms with Crippen LogP contribution in [0.15, 0.2) is 24.8 Å². The highest BCUT2D eigenvalue weighted by Crippen LogP contribution is 2.19. The molecule has 2 nitrogen and oxygen atoms in total. The predicted octanol–water partition coefficient (Wildman–Crippen LogP) is 3.16. The summed E-state index contributed by atoms with van der Waals surface area (Å²) in [5.41, 5.74) is 0.639. The van der Waals surface area contributed by atoms with E-state index in [1.807, 2.05) is 0 Å². The first-order valence-corrected chi connectivity index (χ1v) is 4.72. The van der Waals surface area contributed by atoms with E-state index in [4.69, 9.17) is 12.2 Å². The van der Waals surface area contributed by atoms with Crippen LogP contribution in [-0.4, -0.2) is 9.55 Å². The number of hydrogen-bond donors (Lipinski definition) is 1. The lowest BCUT2D eigenvalue weighted by molar-refractivity contribution is 0.590. The summed E-state index contributed by atoms with van der Waals surface area (Å²) < 4.78 is 28.3. The second-order valence-electron chi connectivity index (χ2n) is 3.11. The van der Waals surface area contributed by atoms with Crippen LogP contribution >= 0.6 is 12.2 Å². The third-order valence-corrected chi connectivity index (χ3v) is 2.44. The van der Waals surface area contributed by atoms with Gasteiger partial charge in [0.1, 0.15) is 11.3 Å². The van der Waals surface area contributed by atoms with E-state index in [2.05, 4.69) is 11.6 Å². The zero-order valence-corrected chi connectivity index (χ0v) is 8.57. The molecule has 1 aromatic heterocycles. The van der Waals surface area contributed by atoms with Crippen LogP contribution in [0.2, 0.25) is 0 Å². The van der Waals surface area contributed by atoms with Crippen molar-refractivity contribution in [3.63, 3.8) is 0 Å². The van der Waals surface area contributed by atoms with Crippen LogP contribution in [-0.2, 0) is 6.54 Å². The van der Waals surface area contributed by atoms with Crippen LogP contribution in [0.4, 0.5) is 8.78 Å². The van der Waals surface area contributed by atoms with E-state index in [1.54, 1.807) is 10.6 Å². The fraction of sp³-hybridized carbons (Fsp3) is 0.100. The van der Waals surface area contributed by atoms with Gasteiger partial charge < -0.3 is 9.55 Å². The number of hydrogen-bond acceptors (Lipinski definition) is 1. The van der Waals surface area contributed by atoms with Crippen molar-refractivity contribution in [2.45, 2.75) is 6.54 Å². The molecule has 1 heterocycles. The van der Waals surface area contributed by atoms with E-state index in [0.29, 0.717) is 16.8 Å². The molecule has 2 aromatic rings. The van der Waals surface area contributed by atoms with E-state index < -0.39 is 11.6 Å². The lowest BCUT2D eigenvalue weighted by Gasteiger charge is -1.99. The number of fused-ring (bicyclic) bond motifs is 1. The Bertz CT molecular complexity index is 583. The summed E-state index contributed by atoms with van der Waals surface area (Å²) in [5, 5.41) is 0.